The lowest BCUT2D eigenvalue weighted by atomic mass is 10.3. The maximum Gasteiger partial charge on any atom is 0.276 e. The van der Waals surface area contributed by atoms with Gasteiger partial charge in [0.25, 0.3) is 5.91 Å². The molecular formula is C13H15BrN4O2S. The third-order valence-corrected chi connectivity index (χ3v) is 3.83. The summed E-state index contributed by atoms with van der Waals surface area (Å²) in [5.74, 6) is 1.85. The summed E-state index contributed by atoms with van der Waals surface area (Å²) in [6, 6.07) is 7.29. The van der Waals surface area contributed by atoms with E-state index in [4.69, 9.17) is 4.74 Å². The zero-order chi connectivity index (χ0) is 15.2. The highest BCUT2D eigenvalue weighted by atomic mass is 79.9. The molecule has 112 valence electrons. The third-order valence-electron chi connectivity index (χ3n) is 2.49. The molecule has 1 amide bonds. The minimum absolute atomic E-state index is 0.0739. The highest BCUT2D eigenvalue weighted by molar-refractivity contribution is 9.10. The maximum atomic E-state index is 11.9. The molecule has 0 bridgehead atoms. The van der Waals surface area contributed by atoms with Crippen LogP contribution in [-0.4, -0.2) is 33.1 Å². The van der Waals surface area contributed by atoms with Crippen molar-refractivity contribution in [3.63, 3.8) is 0 Å². The Labute approximate surface area is 135 Å². The first-order chi connectivity index (χ1) is 10.1. The van der Waals surface area contributed by atoms with Gasteiger partial charge < -0.3 is 4.74 Å². The van der Waals surface area contributed by atoms with E-state index < -0.39 is 0 Å². The second kappa shape index (κ2) is 7.46. The summed E-state index contributed by atoms with van der Waals surface area (Å²) >= 11 is 4.85. The summed E-state index contributed by atoms with van der Waals surface area (Å²) < 4.78 is 7.95. The van der Waals surface area contributed by atoms with Crippen molar-refractivity contribution in [1.29, 1.82) is 0 Å². The van der Waals surface area contributed by atoms with Crippen molar-refractivity contribution in [2.75, 3.05) is 17.8 Å². The average Bonchev–Trinajstić information content (AvgIpc) is 2.80. The zero-order valence-electron chi connectivity index (χ0n) is 11.7. The minimum atomic E-state index is -0.265. The molecule has 0 saturated heterocycles. The van der Waals surface area contributed by atoms with Gasteiger partial charge in [0, 0.05) is 4.47 Å². The van der Waals surface area contributed by atoms with Crippen molar-refractivity contribution in [2.24, 2.45) is 0 Å². The second-order valence-corrected chi connectivity index (χ2v) is 6.22. The fourth-order valence-corrected chi connectivity index (χ4v) is 2.46. The number of nitrogens with zero attached hydrogens (tertiary/aromatic N) is 3. The number of nitrogens with one attached hydrogen (secondary N) is 1. The van der Waals surface area contributed by atoms with E-state index in [-0.39, 0.29) is 12.5 Å². The van der Waals surface area contributed by atoms with Crippen molar-refractivity contribution >= 4 is 33.6 Å². The Morgan fingerprint density at radius 2 is 2.10 bits per heavy atom. The summed E-state index contributed by atoms with van der Waals surface area (Å²) in [5, 5.41) is 8.61. The molecule has 8 heteroatoms. The van der Waals surface area contributed by atoms with Crippen LogP contribution in [0.3, 0.4) is 0 Å². The highest BCUT2D eigenvalue weighted by Gasteiger charge is 2.12. The quantitative estimate of drug-likeness (QED) is 0.791. The standard InChI is InChI=1S/C13H15BrN4O2S/c1-3-21-13-16-15-9(2)18(13)17-12(19)8-20-11-6-4-10(14)5-7-11/h4-7H,3,8H2,1-2H3,(H,17,19). The molecule has 0 unspecified atom stereocenters. The monoisotopic (exact) mass is 370 g/mol. The van der Waals surface area contributed by atoms with Crippen LogP contribution in [0.15, 0.2) is 33.9 Å². The Morgan fingerprint density at radius 3 is 2.76 bits per heavy atom. The number of thioether (sulfide) groups is 1. The maximum absolute atomic E-state index is 11.9. The first kappa shape index (κ1) is 15.8. The fraction of sp³-hybridized carbons (Fsp3) is 0.308. The smallest absolute Gasteiger partial charge is 0.276 e. The Bertz CT molecular complexity index is 615. The SMILES string of the molecule is CCSc1nnc(C)n1NC(=O)COc1ccc(Br)cc1. The minimum Gasteiger partial charge on any atom is -0.484 e. The number of carbonyl (C=O) groups excluding carboxylic acids is 1. The molecular weight excluding hydrogens is 356 g/mol. The Balaban J connectivity index is 1.92. The van der Waals surface area contributed by atoms with Crippen LogP contribution in [0.5, 0.6) is 5.75 Å². The van der Waals surface area contributed by atoms with Gasteiger partial charge in [-0.1, -0.05) is 34.6 Å². The number of ether oxygens (including phenoxy) is 1. The number of aryl methyl sites for hydroxylation is 1. The van der Waals surface area contributed by atoms with Crippen LogP contribution in [0, 0.1) is 6.92 Å². The average molecular weight is 371 g/mol. The van der Waals surface area contributed by atoms with Gasteiger partial charge in [-0.3, -0.25) is 10.2 Å². The molecule has 0 atom stereocenters. The van der Waals surface area contributed by atoms with Gasteiger partial charge in [0.05, 0.1) is 0 Å². The van der Waals surface area contributed by atoms with Crippen molar-refractivity contribution in [1.82, 2.24) is 14.9 Å². The molecule has 0 aliphatic rings. The van der Waals surface area contributed by atoms with Crippen molar-refractivity contribution in [3.05, 3.63) is 34.6 Å². The van der Waals surface area contributed by atoms with Gasteiger partial charge in [0.15, 0.2) is 6.61 Å². The van der Waals surface area contributed by atoms with E-state index in [1.54, 1.807) is 23.7 Å². The van der Waals surface area contributed by atoms with Crippen LogP contribution < -0.4 is 10.2 Å². The normalized spacial score (nSPS) is 10.4. The van der Waals surface area contributed by atoms with Gasteiger partial charge in [0.1, 0.15) is 11.6 Å². The number of rotatable bonds is 6. The van der Waals surface area contributed by atoms with E-state index in [2.05, 4.69) is 31.6 Å². The van der Waals surface area contributed by atoms with Crippen molar-refractivity contribution in [2.45, 2.75) is 19.0 Å². The van der Waals surface area contributed by atoms with Gasteiger partial charge in [-0.25, -0.2) is 4.68 Å². The van der Waals surface area contributed by atoms with Crippen LogP contribution in [-0.2, 0) is 4.79 Å². The Morgan fingerprint density at radius 1 is 1.38 bits per heavy atom. The van der Waals surface area contributed by atoms with E-state index in [1.807, 2.05) is 19.1 Å². The highest BCUT2D eigenvalue weighted by Crippen LogP contribution is 2.16. The fourth-order valence-electron chi connectivity index (χ4n) is 1.53. The molecule has 0 saturated carbocycles. The van der Waals surface area contributed by atoms with Crippen LogP contribution in [0.2, 0.25) is 0 Å². The van der Waals surface area contributed by atoms with Crippen LogP contribution >= 0.6 is 27.7 Å². The molecule has 2 rings (SSSR count). The lowest BCUT2D eigenvalue weighted by Gasteiger charge is -2.10. The van der Waals surface area contributed by atoms with Gasteiger partial charge in [-0.2, -0.15) is 0 Å². The first-order valence-electron chi connectivity index (χ1n) is 6.33. The number of hydrogen-bond donors (Lipinski definition) is 1. The second-order valence-electron chi connectivity index (χ2n) is 4.08. The van der Waals surface area contributed by atoms with Crippen molar-refractivity contribution in [3.8, 4) is 5.75 Å². The molecule has 0 radical (unpaired) electrons. The predicted molar refractivity (Wildman–Crippen MR) is 85.2 cm³/mol. The molecule has 0 aliphatic carbocycles. The molecule has 2 aromatic rings. The van der Waals surface area contributed by atoms with E-state index in [9.17, 15) is 4.79 Å². The Kier molecular flexibility index (Phi) is 5.63. The number of aromatic nitrogens is 3. The van der Waals surface area contributed by atoms with Gasteiger partial charge in [0.2, 0.25) is 5.16 Å². The van der Waals surface area contributed by atoms with E-state index in [1.165, 1.54) is 11.8 Å². The molecule has 1 heterocycles. The number of benzene rings is 1. The van der Waals surface area contributed by atoms with Crippen molar-refractivity contribution < 1.29 is 9.53 Å². The first-order valence-corrected chi connectivity index (χ1v) is 8.11. The van der Waals surface area contributed by atoms with Crippen LogP contribution in [0.25, 0.3) is 0 Å². The Hall–Kier alpha value is -1.54. The summed E-state index contributed by atoms with van der Waals surface area (Å²) in [6.45, 7) is 3.72. The molecule has 0 spiro atoms. The summed E-state index contributed by atoms with van der Waals surface area (Å²) in [5.41, 5.74) is 2.72. The summed E-state index contributed by atoms with van der Waals surface area (Å²) in [6.07, 6.45) is 0. The molecule has 0 fully saturated rings. The summed E-state index contributed by atoms with van der Waals surface area (Å²) in [7, 11) is 0. The topological polar surface area (TPSA) is 69.0 Å². The molecule has 0 aliphatic heterocycles. The number of carbonyl (C=O) groups is 1. The number of amides is 1. The van der Waals surface area contributed by atoms with Gasteiger partial charge in [-0.15, -0.1) is 10.2 Å². The van der Waals surface area contributed by atoms with E-state index >= 15 is 0 Å². The zero-order valence-corrected chi connectivity index (χ0v) is 14.1. The largest absolute Gasteiger partial charge is 0.484 e. The molecule has 21 heavy (non-hydrogen) atoms. The van der Waals surface area contributed by atoms with Gasteiger partial charge in [-0.05, 0) is 36.9 Å². The lowest BCUT2D eigenvalue weighted by molar-refractivity contribution is -0.119. The van der Waals surface area contributed by atoms with Crippen LogP contribution in [0.1, 0.15) is 12.7 Å². The summed E-state index contributed by atoms with van der Waals surface area (Å²) in [4.78, 5) is 11.9. The molecule has 1 aromatic heterocycles. The van der Waals surface area contributed by atoms with Gasteiger partial charge >= 0.3 is 0 Å². The molecule has 6 nitrogen and oxygen atoms in total. The van der Waals surface area contributed by atoms with E-state index in [0.717, 1.165) is 10.2 Å². The third kappa shape index (κ3) is 4.47. The lowest BCUT2D eigenvalue weighted by Crippen LogP contribution is -2.29. The van der Waals surface area contributed by atoms with Crippen LogP contribution in [0.4, 0.5) is 0 Å². The number of halogens is 1. The number of hydrogen-bond acceptors (Lipinski definition) is 5. The molecule has 1 N–H and O–H groups in total. The van der Waals surface area contributed by atoms with E-state index in [0.29, 0.717) is 16.7 Å². The predicted octanol–water partition coefficient (Wildman–Crippen LogP) is 2.61. The molecule has 1 aromatic carbocycles.